The van der Waals surface area contributed by atoms with Gasteiger partial charge in [0.2, 0.25) is 17.7 Å². The maximum atomic E-state index is 14.3. The third kappa shape index (κ3) is 5.84. The Labute approximate surface area is 238 Å². The zero-order chi connectivity index (χ0) is 30.0. The molecular weight excluding hydrogens is 514 g/mol. The molecule has 3 aliphatic rings. The summed E-state index contributed by atoms with van der Waals surface area (Å²) in [5.41, 5.74) is -1.76. The summed E-state index contributed by atoms with van der Waals surface area (Å²) in [5.74, 6) is -3.32. The Bertz CT molecular complexity index is 1010. The van der Waals surface area contributed by atoms with Crippen molar-refractivity contribution in [1.29, 1.82) is 0 Å². The van der Waals surface area contributed by atoms with E-state index in [4.69, 9.17) is 9.47 Å². The van der Waals surface area contributed by atoms with Gasteiger partial charge in [0.1, 0.15) is 17.7 Å². The number of allylic oxidation sites excluding steroid dienone is 1. The van der Waals surface area contributed by atoms with Gasteiger partial charge in [-0.05, 0) is 52.9 Å². The van der Waals surface area contributed by atoms with Gasteiger partial charge < -0.3 is 29.7 Å². The summed E-state index contributed by atoms with van der Waals surface area (Å²) >= 11 is 0. The minimum Gasteiger partial charge on any atom is -0.460 e. The van der Waals surface area contributed by atoms with Gasteiger partial charge in [0, 0.05) is 18.5 Å². The number of ether oxygens (including phenoxy) is 2. The van der Waals surface area contributed by atoms with Crippen LogP contribution in [0.5, 0.6) is 0 Å². The van der Waals surface area contributed by atoms with Crippen molar-refractivity contribution >= 4 is 23.7 Å². The molecule has 40 heavy (non-hydrogen) atoms. The molecule has 0 saturated carbocycles. The quantitative estimate of drug-likeness (QED) is 0.261. The summed E-state index contributed by atoms with van der Waals surface area (Å²) in [6.45, 7) is 18.7. The second kappa shape index (κ2) is 12.4. The summed E-state index contributed by atoms with van der Waals surface area (Å²) < 4.78 is 12.2. The molecule has 10 nitrogen and oxygen atoms in total. The van der Waals surface area contributed by atoms with Crippen LogP contribution in [0, 0.1) is 17.8 Å². The number of likely N-dealkylation sites (tertiary alicyclic amines) is 1. The Kier molecular flexibility index (Phi) is 9.88. The molecule has 0 aromatic heterocycles. The topological polar surface area (TPSA) is 125 Å². The molecule has 224 valence electrons. The minimum absolute atomic E-state index is 0.138. The number of fused-ring (bicyclic) bond motifs is 1. The van der Waals surface area contributed by atoms with E-state index in [1.807, 2.05) is 34.6 Å². The van der Waals surface area contributed by atoms with E-state index in [1.54, 1.807) is 24.0 Å². The highest BCUT2D eigenvalue weighted by molar-refractivity contribution is 5.98. The van der Waals surface area contributed by atoms with E-state index in [2.05, 4.69) is 18.5 Å². The second-order valence-corrected chi connectivity index (χ2v) is 12.6. The van der Waals surface area contributed by atoms with Gasteiger partial charge in [-0.25, -0.2) is 0 Å². The van der Waals surface area contributed by atoms with Crippen LogP contribution in [0.1, 0.15) is 67.2 Å². The van der Waals surface area contributed by atoms with E-state index in [0.717, 1.165) is 0 Å². The largest absolute Gasteiger partial charge is 0.460 e. The first-order valence-corrected chi connectivity index (χ1v) is 14.4. The lowest BCUT2D eigenvalue weighted by molar-refractivity contribution is -0.161. The second-order valence-electron chi connectivity index (χ2n) is 12.6. The van der Waals surface area contributed by atoms with Gasteiger partial charge in [-0.2, -0.15) is 0 Å². The maximum Gasteiger partial charge on any atom is 0.312 e. The fourth-order valence-corrected chi connectivity index (χ4v) is 6.48. The van der Waals surface area contributed by atoms with E-state index in [-0.39, 0.29) is 43.3 Å². The van der Waals surface area contributed by atoms with Crippen LogP contribution in [0.3, 0.4) is 0 Å². The number of carbonyl (C=O) groups excluding carboxylic acids is 4. The molecule has 0 aliphatic carbocycles. The van der Waals surface area contributed by atoms with Crippen LogP contribution in [-0.4, -0.2) is 93.7 Å². The van der Waals surface area contributed by atoms with Gasteiger partial charge in [0.25, 0.3) is 0 Å². The lowest BCUT2D eigenvalue weighted by Gasteiger charge is -2.44. The van der Waals surface area contributed by atoms with Gasteiger partial charge in [0.05, 0.1) is 37.1 Å². The Morgan fingerprint density at radius 2 is 1.93 bits per heavy atom. The summed E-state index contributed by atoms with van der Waals surface area (Å²) in [6, 6.07) is -1.62. The minimum atomic E-state index is -1.20. The van der Waals surface area contributed by atoms with Gasteiger partial charge >= 0.3 is 5.97 Å². The molecule has 0 radical (unpaired) electrons. The van der Waals surface area contributed by atoms with Crippen LogP contribution in [0.4, 0.5) is 0 Å². The predicted molar refractivity (Wildman–Crippen MR) is 150 cm³/mol. The number of carbonyl (C=O) groups is 4. The zero-order valence-electron chi connectivity index (χ0n) is 24.9. The number of hydrogen-bond acceptors (Lipinski definition) is 7. The predicted octanol–water partition coefficient (Wildman–Crippen LogP) is 2.21. The number of nitrogens with one attached hydrogen (secondary N) is 1. The van der Waals surface area contributed by atoms with E-state index in [0.29, 0.717) is 25.7 Å². The normalized spacial score (nSPS) is 28.7. The van der Waals surface area contributed by atoms with Crippen molar-refractivity contribution in [3.05, 3.63) is 25.3 Å². The van der Waals surface area contributed by atoms with Crippen LogP contribution in [0.2, 0.25) is 0 Å². The highest BCUT2D eigenvalue weighted by atomic mass is 16.6. The number of aliphatic hydroxyl groups is 1. The average molecular weight is 562 g/mol. The third-order valence-electron chi connectivity index (χ3n) is 8.43. The lowest BCUT2D eigenvalue weighted by atomic mass is 9.70. The van der Waals surface area contributed by atoms with Crippen molar-refractivity contribution in [3.63, 3.8) is 0 Å². The molecule has 0 aromatic carbocycles. The summed E-state index contributed by atoms with van der Waals surface area (Å²) in [7, 11) is 0. The van der Waals surface area contributed by atoms with E-state index < -0.39 is 53.2 Å². The lowest BCUT2D eigenvalue weighted by Crippen LogP contribution is -2.62. The molecule has 10 heteroatoms. The number of amides is 3. The van der Waals surface area contributed by atoms with Gasteiger partial charge in [-0.3, -0.25) is 19.2 Å². The monoisotopic (exact) mass is 561 g/mol. The standard InChI is InChI=1S/C30H47N3O7/c1-9-11-12-22(35)31-16-19(5)39-28(38)23-21-13-14-30(40-21)24(23)26(36)33(20(17-34)18(3)4)25(30)27(37)32(15-10-2)29(6,7)8/h9-10,18-21,23-25,34H,1-2,11-17H2,3-8H3,(H,31,35)/t19-,20+,21-,23+,24+,25-,30+/m1/s1. The SMILES string of the molecule is C=CCCC(=O)NC[C@@H](C)OC(=O)[C@@H]1[C@H]2C(=O)N([C@@H](CO)C(C)C)[C@H](C(=O)N(CC=C)C(C)(C)C)[C@]23CC[C@H]1O3. The Balaban J connectivity index is 1.93. The van der Waals surface area contributed by atoms with E-state index in [1.165, 1.54) is 4.90 Å². The maximum absolute atomic E-state index is 14.3. The molecular formula is C30H47N3O7. The molecule has 2 bridgehead atoms. The van der Waals surface area contributed by atoms with E-state index >= 15 is 0 Å². The number of aliphatic hydroxyl groups excluding tert-OH is 1. The Morgan fingerprint density at radius 1 is 1.25 bits per heavy atom. The molecule has 3 amide bonds. The summed E-state index contributed by atoms with van der Waals surface area (Å²) in [6.07, 6.45) is 3.94. The van der Waals surface area contributed by atoms with Crippen molar-refractivity contribution in [2.75, 3.05) is 19.7 Å². The van der Waals surface area contributed by atoms with Crippen molar-refractivity contribution in [2.45, 2.75) is 103 Å². The van der Waals surface area contributed by atoms with Crippen molar-refractivity contribution in [2.24, 2.45) is 17.8 Å². The summed E-state index contributed by atoms with van der Waals surface area (Å²) in [4.78, 5) is 57.2. The highest BCUT2D eigenvalue weighted by Crippen LogP contribution is 2.59. The van der Waals surface area contributed by atoms with Crippen LogP contribution in [-0.2, 0) is 28.7 Å². The van der Waals surface area contributed by atoms with Crippen molar-refractivity contribution in [1.82, 2.24) is 15.1 Å². The molecule has 1 spiro atoms. The van der Waals surface area contributed by atoms with Gasteiger partial charge in [0.15, 0.2) is 0 Å². The fourth-order valence-electron chi connectivity index (χ4n) is 6.48. The molecule has 3 heterocycles. The number of esters is 1. The summed E-state index contributed by atoms with van der Waals surface area (Å²) in [5, 5.41) is 13.1. The average Bonchev–Trinajstić information content (AvgIpc) is 3.51. The molecule has 3 fully saturated rings. The van der Waals surface area contributed by atoms with Crippen LogP contribution in [0.25, 0.3) is 0 Å². The molecule has 0 aromatic rings. The van der Waals surface area contributed by atoms with E-state index in [9.17, 15) is 24.3 Å². The molecule has 3 saturated heterocycles. The van der Waals surface area contributed by atoms with Crippen molar-refractivity contribution in [3.8, 4) is 0 Å². The Morgan fingerprint density at radius 3 is 2.48 bits per heavy atom. The third-order valence-corrected chi connectivity index (χ3v) is 8.43. The first kappa shape index (κ1) is 31.8. The highest BCUT2D eigenvalue weighted by Gasteiger charge is 2.76. The van der Waals surface area contributed by atoms with Crippen LogP contribution >= 0.6 is 0 Å². The van der Waals surface area contributed by atoms with Crippen LogP contribution < -0.4 is 5.32 Å². The molecule has 3 rings (SSSR count). The molecule has 3 aliphatic heterocycles. The van der Waals surface area contributed by atoms with Gasteiger partial charge in [-0.15, -0.1) is 13.2 Å². The zero-order valence-corrected chi connectivity index (χ0v) is 24.9. The molecule has 7 atom stereocenters. The smallest absolute Gasteiger partial charge is 0.312 e. The number of rotatable bonds is 13. The van der Waals surface area contributed by atoms with Crippen LogP contribution in [0.15, 0.2) is 25.3 Å². The Hall–Kier alpha value is -2.72. The fraction of sp³-hybridized carbons (Fsp3) is 0.733. The molecule has 0 unspecified atom stereocenters. The first-order valence-electron chi connectivity index (χ1n) is 14.4. The number of nitrogens with zero attached hydrogens (tertiary/aromatic N) is 2. The van der Waals surface area contributed by atoms with Gasteiger partial charge in [-0.1, -0.05) is 26.0 Å². The number of hydrogen-bond donors (Lipinski definition) is 2. The molecule has 2 N–H and O–H groups in total. The first-order chi connectivity index (χ1) is 18.7. The van der Waals surface area contributed by atoms with Crippen molar-refractivity contribution < 1.29 is 33.8 Å².